The molecule has 0 aliphatic rings. The van der Waals surface area contributed by atoms with E-state index in [1.54, 1.807) is 18.2 Å². The molecule has 60 valence electrons. The van der Waals surface area contributed by atoms with Crippen molar-refractivity contribution in [3.8, 4) is 0 Å². The van der Waals surface area contributed by atoms with Gasteiger partial charge in [0.05, 0.1) is 16.7 Å². The molecule has 0 bridgehead atoms. The number of hydrogen-bond donors (Lipinski definition) is 1. The van der Waals surface area contributed by atoms with Crippen LogP contribution in [0.5, 0.6) is 0 Å². The number of halogens is 1. The van der Waals surface area contributed by atoms with Gasteiger partial charge in [0.1, 0.15) is 5.82 Å². The fraction of sp³-hybridized carbons (Fsp3) is 0.143. The summed E-state index contributed by atoms with van der Waals surface area (Å²) in [4.78, 5) is 0. The van der Waals surface area contributed by atoms with Crippen molar-refractivity contribution in [1.29, 1.82) is 0 Å². The minimum absolute atomic E-state index is 0.0761. The zero-order valence-corrected chi connectivity index (χ0v) is 6.60. The van der Waals surface area contributed by atoms with Crippen molar-refractivity contribution in [2.45, 2.75) is 5.75 Å². The van der Waals surface area contributed by atoms with Crippen LogP contribution in [-0.4, -0.2) is 4.21 Å². The third-order valence-electron chi connectivity index (χ3n) is 1.26. The molecule has 0 amide bonds. The van der Waals surface area contributed by atoms with Crippen molar-refractivity contribution in [1.82, 2.24) is 0 Å². The highest BCUT2D eigenvalue weighted by Gasteiger charge is 2.01. The number of nitrogens with two attached hydrogens (primary N) is 1. The first-order valence-corrected chi connectivity index (χ1v) is 4.44. The second kappa shape index (κ2) is 3.59. The Morgan fingerprint density at radius 2 is 2.09 bits per heavy atom. The number of benzene rings is 1. The maximum Gasteiger partial charge on any atom is 0.127 e. The molecule has 0 heterocycles. The largest absolute Gasteiger partial charge is 0.252 e. The first-order valence-electron chi connectivity index (χ1n) is 3.06. The van der Waals surface area contributed by atoms with E-state index in [-0.39, 0.29) is 11.6 Å². The molecule has 2 N–H and O–H groups in total. The van der Waals surface area contributed by atoms with Crippen LogP contribution < -0.4 is 5.14 Å². The fourth-order valence-corrected chi connectivity index (χ4v) is 1.31. The van der Waals surface area contributed by atoms with E-state index in [1.165, 1.54) is 6.07 Å². The summed E-state index contributed by atoms with van der Waals surface area (Å²) in [6.45, 7) is 0. The van der Waals surface area contributed by atoms with E-state index in [0.29, 0.717) is 5.56 Å². The van der Waals surface area contributed by atoms with Gasteiger partial charge in [-0.25, -0.2) is 8.60 Å². The first-order chi connectivity index (χ1) is 5.20. The van der Waals surface area contributed by atoms with E-state index in [4.69, 9.17) is 5.14 Å². The van der Waals surface area contributed by atoms with Crippen LogP contribution >= 0.6 is 0 Å². The van der Waals surface area contributed by atoms with Gasteiger partial charge in [-0.15, -0.1) is 0 Å². The Kier molecular flexibility index (Phi) is 2.73. The molecular weight excluding hydrogens is 165 g/mol. The van der Waals surface area contributed by atoms with Crippen molar-refractivity contribution in [3.63, 3.8) is 0 Å². The van der Waals surface area contributed by atoms with Crippen LogP contribution in [-0.2, 0) is 16.7 Å². The van der Waals surface area contributed by atoms with Gasteiger partial charge in [0.2, 0.25) is 0 Å². The van der Waals surface area contributed by atoms with Gasteiger partial charge in [-0.3, -0.25) is 5.14 Å². The molecule has 0 aliphatic carbocycles. The summed E-state index contributed by atoms with van der Waals surface area (Å²) in [5, 5.41) is 5.00. The number of hydrogen-bond acceptors (Lipinski definition) is 1. The summed E-state index contributed by atoms with van der Waals surface area (Å²) in [5.74, 6) is -0.279. The summed E-state index contributed by atoms with van der Waals surface area (Å²) in [6, 6.07) is 6.16. The monoisotopic (exact) mass is 173 g/mol. The van der Waals surface area contributed by atoms with Crippen LogP contribution in [0, 0.1) is 5.82 Å². The average Bonchev–Trinajstić information content (AvgIpc) is 1.93. The molecule has 1 aromatic rings. The smallest absolute Gasteiger partial charge is 0.127 e. The molecule has 0 saturated heterocycles. The second-order valence-corrected chi connectivity index (χ2v) is 3.17. The topological polar surface area (TPSA) is 43.1 Å². The fourth-order valence-electron chi connectivity index (χ4n) is 0.769. The van der Waals surface area contributed by atoms with Crippen molar-refractivity contribution in [2.24, 2.45) is 5.14 Å². The summed E-state index contributed by atoms with van der Waals surface area (Å²) in [6.07, 6.45) is 0. The molecule has 0 aromatic heterocycles. The number of rotatable bonds is 2. The van der Waals surface area contributed by atoms with Crippen LogP contribution in [0.15, 0.2) is 24.3 Å². The minimum Gasteiger partial charge on any atom is -0.252 e. The zero-order valence-electron chi connectivity index (χ0n) is 5.79. The lowest BCUT2D eigenvalue weighted by atomic mass is 10.2. The van der Waals surface area contributed by atoms with Crippen LogP contribution in [0.3, 0.4) is 0 Å². The van der Waals surface area contributed by atoms with Crippen LogP contribution in [0.4, 0.5) is 4.39 Å². The molecule has 2 nitrogen and oxygen atoms in total. The Bertz CT molecular complexity index is 277. The van der Waals surface area contributed by atoms with Gasteiger partial charge < -0.3 is 0 Å². The standard InChI is InChI=1S/C7H8FNOS/c8-7-4-2-1-3-6(7)5-11(9)10/h1-4H,5,9H2/t11-/m1/s1. The Morgan fingerprint density at radius 3 is 2.64 bits per heavy atom. The first kappa shape index (κ1) is 8.36. The van der Waals surface area contributed by atoms with E-state index < -0.39 is 11.0 Å². The van der Waals surface area contributed by atoms with E-state index in [2.05, 4.69) is 0 Å². The molecular formula is C7H8FNOS. The predicted octanol–water partition coefficient (Wildman–Crippen LogP) is 0.948. The minimum atomic E-state index is -1.47. The SMILES string of the molecule is N[S@](=O)Cc1ccccc1F. The molecule has 0 saturated carbocycles. The maximum absolute atomic E-state index is 12.8. The van der Waals surface area contributed by atoms with Gasteiger partial charge in [0.25, 0.3) is 0 Å². The Hall–Kier alpha value is -0.740. The van der Waals surface area contributed by atoms with Crippen LogP contribution in [0.25, 0.3) is 0 Å². The third-order valence-corrected chi connectivity index (χ3v) is 1.85. The molecule has 0 aliphatic heterocycles. The maximum atomic E-state index is 12.8. The highest BCUT2D eigenvalue weighted by Crippen LogP contribution is 2.06. The molecule has 0 fully saturated rings. The lowest BCUT2D eigenvalue weighted by Crippen LogP contribution is -2.06. The molecule has 1 rings (SSSR count). The predicted molar refractivity (Wildman–Crippen MR) is 42.4 cm³/mol. The highest BCUT2D eigenvalue weighted by molar-refractivity contribution is 7.81. The second-order valence-electron chi connectivity index (χ2n) is 2.12. The normalized spacial score (nSPS) is 12.9. The molecule has 0 unspecified atom stereocenters. The zero-order chi connectivity index (χ0) is 8.27. The Morgan fingerprint density at radius 1 is 1.45 bits per heavy atom. The van der Waals surface area contributed by atoms with Crippen molar-refractivity contribution >= 4 is 11.0 Å². The molecule has 4 heteroatoms. The van der Waals surface area contributed by atoms with Gasteiger partial charge in [-0.2, -0.15) is 0 Å². The average molecular weight is 173 g/mol. The molecule has 1 aromatic carbocycles. The summed E-state index contributed by atoms with van der Waals surface area (Å²) in [5.41, 5.74) is 0.397. The molecule has 11 heavy (non-hydrogen) atoms. The van der Waals surface area contributed by atoms with Crippen molar-refractivity contribution in [3.05, 3.63) is 35.6 Å². The Balaban J connectivity index is 2.86. The molecule has 0 radical (unpaired) electrons. The van der Waals surface area contributed by atoms with E-state index in [9.17, 15) is 8.60 Å². The lowest BCUT2D eigenvalue weighted by molar-refractivity contribution is 0.615. The van der Waals surface area contributed by atoms with Crippen molar-refractivity contribution in [2.75, 3.05) is 0 Å². The van der Waals surface area contributed by atoms with Crippen LogP contribution in [0.1, 0.15) is 5.56 Å². The molecule has 1 atom stereocenters. The Labute approximate surface area is 66.8 Å². The summed E-state index contributed by atoms with van der Waals surface area (Å²) in [7, 11) is -1.47. The van der Waals surface area contributed by atoms with Gasteiger partial charge >= 0.3 is 0 Å². The van der Waals surface area contributed by atoms with Gasteiger partial charge in [0, 0.05) is 5.56 Å². The quantitative estimate of drug-likeness (QED) is 0.710. The third kappa shape index (κ3) is 2.40. The summed E-state index contributed by atoms with van der Waals surface area (Å²) >= 11 is 0. The van der Waals surface area contributed by atoms with Gasteiger partial charge in [0.15, 0.2) is 0 Å². The van der Waals surface area contributed by atoms with E-state index >= 15 is 0 Å². The lowest BCUT2D eigenvalue weighted by Gasteiger charge is -1.97. The van der Waals surface area contributed by atoms with E-state index in [1.807, 2.05) is 0 Å². The molecule has 0 spiro atoms. The van der Waals surface area contributed by atoms with Gasteiger partial charge in [-0.05, 0) is 6.07 Å². The van der Waals surface area contributed by atoms with Crippen molar-refractivity contribution < 1.29 is 8.60 Å². The summed E-state index contributed by atoms with van der Waals surface area (Å²) < 4.78 is 23.2. The van der Waals surface area contributed by atoms with E-state index in [0.717, 1.165) is 0 Å². The van der Waals surface area contributed by atoms with Crippen LogP contribution in [0.2, 0.25) is 0 Å². The highest BCUT2D eigenvalue weighted by atomic mass is 32.2. The van der Waals surface area contributed by atoms with Gasteiger partial charge in [-0.1, -0.05) is 18.2 Å².